The Morgan fingerprint density at radius 2 is 2.32 bits per heavy atom. The van der Waals surface area contributed by atoms with Gasteiger partial charge in [0.2, 0.25) is 0 Å². The molecular formula is C12H20N4O2S. The van der Waals surface area contributed by atoms with E-state index in [9.17, 15) is 4.79 Å². The van der Waals surface area contributed by atoms with Gasteiger partial charge in [-0.15, -0.1) is 0 Å². The lowest BCUT2D eigenvalue weighted by molar-refractivity contribution is 0.0717. The second-order valence-corrected chi connectivity index (χ2v) is 5.64. The summed E-state index contributed by atoms with van der Waals surface area (Å²) in [6.07, 6.45) is 0.878. The van der Waals surface area contributed by atoms with E-state index in [-0.39, 0.29) is 11.9 Å². The minimum absolute atomic E-state index is 0.0683. The Balaban J connectivity index is 2.16. The molecule has 6 nitrogen and oxygen atoms in total. The normalized spacial score (nSPS) is 18.6. The number of ether oxygens (including phenoxy) is 1. The van der Waals surface area contributed by atoms with Crippen molar-refractivity contribution in [2.75, 3.05) is 44.5 Å². The van der Waals surface area contributed by atoms with Crippen LogP contribution in [0.1, 0.15) is 23.0 Å². The van der Waals surface area contributed by atoms with Gasteiger partial charge in [-0.2, -0.15) is 0 Å². The number of nitrogens with zero attached hydrogens (tertiary/aromatic N) is 3. The van der Waals surface area contributed by atoms with E-state index in [1.165, 1.54) is 11.3 Å². The van der Waals surface area contributed by atoms with E-state index in [1.54, 1.807) is 11.9 Å². The molecule has 0 spiro atoms. The smallest absolute Gasteiger partial charge is 0.267 e. The lowest BCUT2D eigenvalue weighted by atomic mass is 10.2. The van der Waals surface area contributed by atoms with Crippen molar-refractivity contribution in [3.05, 3.63) is 4.88 Å². The molecule has 1 amide bonds. The van der Waals surface area contributed by atoms with Crippen LogP contribution in [0.3, 0.4) is 0 Å². The van der Waals surface area contributed by atoms with E-state index in [0.717, 1.165) is 18.1 Å². The molecule has 0 aliphatic carbocycles. The highest BCUT2D eigenvalue weighted by atomic mass is 32.1. The number of aromatic nitrogens is 1. The Labute approximate surface area is 117 Å². The molecule has 1 fully saturated rings. The van der Waals surface area contributed by atoms with Gasteiger partial charge in [-0.25, -0.2) is 4.98 Å². The number of hydrogen-bond donors (Lipinski definition) is 1. The van der Waals surface area contributed by atoms with Crippen LogP contribution >= 0.6 is 11.3 Å². The molecule has 1 aliphatic rings. The van der Waals surface area contributed by atoms with Crippen LogP contribution in [0.15, 0.2) is 0 Å². The van der Waals surface area contributed by atoms with Crippen molar-refractivity contribution in [3.8, 4) is 0 Å². The molecule has 0 radical (unpaired) electrons. The number of carbonyl (C=O) groups is 1. The fourth-order valence-electron chi connectivity index (χ4n) is 1.93. The molecule has 0 saturated carbocycles. The van der Waals surface area contributed by atoms with E-state index < -0.39 is 0 Å². The van der Waals surface area contributed by atoms with E-state index >= 15 is 0 Å². The van der Waals surface area contributed by atoms with Crippen LogP contribution < -0.4 is 10.6 Å². The third-order valence-electron chi connectivity index (χ3n) is 3.41. The molecule has 0 aromatic carbocycles. The van der Waals surface area contributed by atoms with Crippen molar-refractivity contribution in [3.63, 3.8) is 0 Å². The first kappa shape index (κ1) is 14.1. The van der Waals surface area contributed by atoms with Crippen LogP contribution in [0.25, 0.3) is 0 Å². The third-order valence-corrected chi connectivity index (χ3v) is 4.58. The van der Waals surface area contributed by atoms with Gasteiger partial charge < -0.3 is 20.3 Å². The molecule has 7 heteroatoms. The lowest BCUT2D eigenvalue weighted by Crippen LogP contribution is -2.37. The topological polar surface area (TPSA) is 71.7 Å². The molecule has 1 aliphatic heterocycles. The monoisotopic (exact) mass is 284 g/mol. The van der Waals surface area contributed by atoms with Crippen LogP contribution in [0, 0.1) is 0 Å². The third kappa shape index (κ3) is 2.82. The molecule has 106 valence electrons. The minimum atomic E-state index is -0.0683. The quantitative estimate of drug-likeness (QED) is 0.894. The van der Waals surface area contributed by atoms with E-state index in [1.807, 2.05) is 18.9 Å². The van der Waals surface area contributed by atoms with Gasteiger partial charge in [-0.3, -0.25) is 4.79 Å². The Morgan fingerprint density at radius 1 is 1.58 bits per heavy atom. The van der Waals surface area contributed by atoms with Crippen LogP contribution in [0.4, 0.5) is 10.9 Å². The fourth-order valence-corrected chi connectivity index (χ4v) is 2.92. The molecule has 2 heterocycles. The van der Waals surface area contributed by atoms with Crippen LogP contribution in [0.5, 0.6) is 0 Å². The SMILES string of the molecule is CCN(C)c1nc(N)c(C(=O)N(C)C2CCOC2)s1. The molecular weight excluding hydrogens is 264 g/mol. The lowest BCUT2D eigenvalue weighted by Gasteiger charge is -2.22. The van der Waals surface area contributed by atoms with Gasteiger partial charge in [0.15, 0.2) is 5.13 Å². The zero-order valence-electron chi connectivity index (χ0n) is 11.5. The first-order chi connectivity index (χ1) is 9.04. The van der Waals surface area contributed by atoms with Crippen molar-refractivity contribution in [1.82, 2.24) is 9.88 Å². The summed E-state index contributed by atoms with van der Waals surface area (Å²) in [4.78, 5) is 20.9. The number of anilines is 2. The minimum Gasteiger partial charge on any atom is -0.382 e. The summed E-state index contributed by atoms with van der Waals surface area (Å²) < 4.78 is 5.31. The van der Waals surface area contributed by atoms with Gasteiger partial charge in [-0.05, 0) is 13.3 Å². The molecule has 2 N–H and O–H groups in total. The maximum absolute atomic E-state index is 12.4. The Hall–Kier alpha value is -1.34. The van der Waals surface area contributed by atoms with Gasteiger partial charge in [0.05, 0.1) is 12.6 Å². The summed E-state index contributed by atoms with van der Waals surface area (Å²) in [6.45, 7) is 4.17. The zero-order valence-corrected chi connectivity index (χ0v) is 12.4. The summed E-state index contributed by atoms with van der Waals surface area (Å²) in [6, 6.07) is 0.140. The number of carbonyl (C=O) groups excluding carboxylic acids is 1. The molecule has 19 heavy (non-hydrogen) atoms. The maximum Gasteiger partial charge on any atom is 0.267 e. The summed E-state index contributed by atoms with van der Waals surface area (Å²) in [5, 5.41) is 0.777. The van der Waals surface area contributed by atoms with Gasteiger partial charge in [0, 0.05) is 27.2 Å². The highest BCUT2D eigenvalue weighted by Crippen LogP contribution is 2.29. The first-order valence-corrected chi connectivity index (χ1v) is 7.18. The molecule has 1 saturated heterocycles. The second-order valence-electron chi connectivity index (χ2n) is 4.66. The molecule has 1 unspecified atom stereocenters. The Morgan fingerprint density at radius 3 is 2.89 bits per heavy atom. The van der Waals surface area contributed by atoms with Crippen molar-refractivity contribution < 1.29 is 9.53 Å². The second kappa shape index (κ2) is 5.75. The Kier molecular flexibility index (Phi) is 4.26. The van der Waals surface area contributed by atoms with Crippen molar-refractivity contribution in [2.45, 2.75) is 19.4 Å². The average molecular weight is 284 g/mol. The largest absolute Gasteiger partial charge is 0.382 e. The van der Waals surface area contributed by atoms with Crippen molar-refractivity contribution in [2.24, 2.45) is 0 Å². The van der Waals surface area contributed by atoms with Crippen molar-refractivity contribution >= 4 is 28.2 Å². The number of amides is 1. The summed E-state index contributed by atoms with van der Waals surface area (Å²) >= 11 is 1.35. The average Bonchev–Trinajstić information content (AvgIpc) is 3.05. The predicted octanol–water partition coefficient (Wildman–Crippen LogP) is 1.04. The van der Waals surface area contributed by atoms with Crippen LogP contribution in [-0.2, 0) is 4.74 Å². The first-order valence-electron chi connectivity index (χ1n) is 6.37. The van der Waals surface area contributed by atoms with E-state index in [4.69, 9.17) is 10.5 Å². The molecule has 1 aromatic rings. The number of likely N-dealkylation sites (N-methyl/N-ethyl adjacent to an activating group) is 1. The Bertz CT molecular complexity index is 457. The summed E-state index contributed by atoms with van der Waals surface area (Å²) in [5.41, 5.74) is 5.87. The number of hydrogen-bond acceptors (Lipinski definition) is 6. The van der Waals surface area contributed by atoms with Gasteiger partial charge in [0.25, 0.3) is 5.91 Å². The highest BCUT2D eigenvalue weighted by Gasteiger charge is 2.28. The molecule has 0 bridgehead atoms. The highest BCUT2D eigenvalue weighted by molar-refractivity contribution is 7.18. The van der Waals surface area contributed by atoms with Crippen LogP contribution in [0.2, 0.25) is 0 Å². The number of rotatable bonds is 4. The van der Waals surface area contributed by atoms with E-state index in [2.05, 4.69) is 4.98 Å². The number of nitrogens with two attached hydrogens (primary N) is 1. The standard InChI is InChI=1S/C12H20N4O2S/c1-4-15(2)12-14-10(13)9(19-12)11(17)16(3)8-5-6-18-7-8/h8H,4-7,13H2,1-3H3. The molecule has 1 aromatic heterocycles. The predicted molar refractivity (Wildman–Crippen MR) is 76.8 cm³/mol. The number of thiazole rings is 1. The fraction of sp³-hybridized carbons (Fsp3) is 0.667. The van der Waals surface area contributed by atoms with Crippen molar-refractivity contribution in [1.29, 1.82) is 0 Å². The number of nitrogen functional groups attached to an aromatic ring is 1. The van der Waals surface area contributed by atoms with Gasteiger partial charge in [0.1, 0.15) is 10.7 Å². The maximum atomic E-state index is 12.4. The molecule has 1 atom stereocenters. The molecule has 2 rings (SSSR count). The summed E-state index contributed by atoms with van der Waals surface area (Å²) in [7, 11) is 3.73. The van der Waals surface area contributed by atoms with Gasteiger partial charge >= 0.3 is 0 Å². The van der Waals surface area contributed by atoms with Crippen LogP contribution in [-0.4, -0.2) is 55.7 Å². The zero-order chi connectivity index (χ0) is 14.0. The van der Waals surface area contributed by atoms with Gasteiger partial charge in [-0.1, -0.05) is 11.3 Å². The van der Waals surface area contributed by atoms with E-state index in [0.29, 0.717) is 23.9 Å². The summed E-state index contributed by atoms with van der Waals surface area (Å²) in [5.74, 6) is 0.248.